The number of carbonyl (C=O) groups excluding carboxylic acids is 1. The Morgan fingerprint density at radius 1 is 1.32 bits per heavy atom. The second kappa shape index (κ2) is 5.90. The number of piperidine rings is 1. The van der Waals surface area contributed by atoms with Crippen LogP contribution >= 0.6 is 0 Å². The fraction of sp³-hybridized carbons (Fsp3) is 0.857. The van der Waals surface area contributed by atoms with E-state index in [1.807, 2.05) is 0 Å². The van der Waals surface area contributed by atoms with Crippen molar-refractivity contribution in [1.82, 2.24) is 10.2 Å². The summed E-state index contributed by atoms with van der Waals surface area (Å²) < 4.78 is 0. The van der Waals surface area contributed by atoms with E-state index >= 15 is 0 Å². The Balaban J connectivity index is 2.13. The predicted molar refractivity (Wildman–Crippen MR) is 71.8 cm³/mol. The Labute approximate surface area is 114 Å². The Morgan fingerprint density at radius 3 is 2.42 bits per heavy atom. The number of nitrogens with zero attached hydrogens (tertiary/aromatic N) is 1. The number of nitrogens with one attached hydrogen (secondary N) is 1. The molecular formula is C14H24N2O3. The van der Waals surface area contributed by atoms with Crippen LogP contribution in [-0.4, -0.2) is 47.6 Å². The maximum Gasteiger partial charge on any atom is 0.323 e. The van der Waals surface area contributed by atoms with Crippen molar-refractivity contribution >= 4 is 11.9 Å². The maximum absolute atomic E-state index is 12.9. The minimum atomic E-state index is -0.902. The Bertz CT molecular complexity index is 341. The summed E-state index contributed by atoms with van der Waals surface area (Å²) in [6.07, 6.45) is 5.43. The second-order valence-corrected chi connectivity index (χ2v) is 5.84. The van der Waals surface area contributed by atoms with Crippen molar-refractivity contribution in [3.8, 4) is 0 Å². The topological polar surface area (TPSA) is 69.6 Å². The van der Waals surface area contributed by atoms with E-state index in [2.05, 4.69) is 12.2 Å². The first-order valence-electron chi connectivity index (χ1n) is 7.32. The van der Waals surface area contributed by atoms with Crippen molar-refractivity contribution in [1.29, 1.82) is 0 Å². The van der Waals surface area contributed by atoms with E-state index in [0.29, 0.717) is 0 Å². The van der Waals surface area contributed by atoms with Crippen LogP contribution in [0.1, 0.15) is 45.4 Å². The maximum atomic E-state index is 12.9. The SMILES string of the molecule is CCCC1(C(=O)N(CC(=O)O)C2CC2)CCNCC1. The highest BCUT2D eigenvalue weighted by atomic mass is 16.4. The third kappa shape index (κ3) is 3.26. The summed E-state index contributed by atoms with van der Waals surface area (Å²) in [5.41, 5.74) is -0.321. The predicted octanol–water partition coefficient (Wildman–Crippen LogP) is 1.23. The van der Waals surface area contributed by atoms with Crippen molar-refractivity contribution in [2.24, 2.45) is 5.41 Å². The molecule has 0 bridgehead atoms. The number of hydrogen-bond acceptors (Lipinski definition) is 3. The molecule has 0 spiro atoms. The van der Waals surface area contributed by atoms with Gasteiger partial charge in [0.1, 0.15) is 6.54 Å². The zero-order valence-corrected chi connectivity index (χ0v) is 11.7. The van der Waals surface area contributed by atoms with Gasteiger partial charge in [0, 0.05) is 6.04 Å². The average molecular weight is 268 g/mol. The molecule has 2 aliphatic rings. The zero-order chi connectivity index (χ0) is 13.9. The number of carboxylic acids is 1. The third-order valence-electron chi connectivity index (χ3n) is 4.30. The minimum Gasteiger partial charge on any atom is -0.480 e. The first-order chi connectivity index (χ1) is 9.09. The number of hydrogen-bond donors (Lipinski definition) is 2. The van der Waals surface area contributed by atoms with Crippen LogP contribution in [0.2, 0.25) is 0 Å². The molecule has 0 aromatic rings. The molecule has 5 heteroatoms. The lowest BCUT2D eigenvalue weighted by Gasteiger charge is -2.40. The van der Waals surface area contributed by atoms with Gasteiger partial charge in [-0.3, -0.25) is 9.59 Å². The van der Waals surface area contributed by atoms with Crippen molar-refractivity contribution in [3.63, 3.8) is 0 Å². The molecule has 0 unspecified atom stereocenters. The van der Waals surface area contributed by atoms with Crippen LogP contribution in [0.5, 0.6) is 0 Å². The van der Waals surface area contributed by atoms with Crippen LogP contribution in [0, 0.1) is 5.41 Å². The number of aliphatic carboxylic acids is 1. The second-order valence-electron chi connectivity index (χ2n) is 5.84. The quantitative estimate of drug-likeness (QED) is 0.760. The first kappa shape index (κ1) is 14.3. The molecule has 0 radical (unpaired) electrons. The van der Waals surface area contributed by atoms with E-state index in [-0.39, 0.29) is 23.9 Å². The van der Waals surface area contributed by atoms with Crippen molar-refractivity contribution in [2.75, 3.05) is 19.6 Å². The van der Waals surface area contributed by atoms with E-state index in [1.165, 1.54) is 0 Å². The Hall–Kier alpha value is -1.10. The summed E-state index contributed by atoms with van der Waals surface area (Å²) in [5, 5.41) is 12.3. The Morgan fingerprint density at radius 2 is 1.95 bits per heavy atom. The van der Waals surface area contributed by atoms with Gasteiger partial charge >= 0.3 is 5.97 Å². The lowest BCUT2D eigenvalue weighted by molar-refractivity contribution is -0.152. The van der Waals surface area contributed by atoms with Gasteiger partial charge in [0.05, 0.1) is 5.41 Å². The standard InChI is InChI=1S/C14H24N2O3/c1-2-5-14(6-8-15-9-7-14)13(19)16(10-12(17)18)11-3-4-11/h11,15H,2-10H2,1H3,(H,17,18). The molecule has 108 valence electrons. The van der Waals surface area contributed by atoms with Gasteiger partial charge in [0.25, 0.3) is 0 Å². The molecule has 0 atom stereocenters. The van der Waals surface area contributed by atoms with Crippen LogP contribution in [0.3, 0.4) is 0 Å². The first-order valence-corrected chi connectivity index (χ1v) is 7.32. The van der Waals surface area contributed by atoms with Gasteiger partial charge in [-0.05, 0) is 45.2 Å². The highest BCUT2D eigenvalue weighted by Gasteiger charge is 2.45. The summed E-state index contributed by atoms with van der Waals surface area (Å²) in [6, 6.07) is 0.173. The van der Waals surface area contributed by atoms with Gasteiger partial charge in [-0.15, -0.1) is 0 Å². The molecule has 1 amide bonds. The molecule has 2 N–H and O–H groups in total. The monoisotopic (exact) mass is 268 g/mol. The van der Waals surface area contributed by atoms with E-state index < -0.39 is 5.97 Å². The van der Waals surface area contributed by atoms with Crippen molar-refractivity contribution < 1.29 is 14.7 Å². The number of rotatable bonds is 6. The van der Waals surface area contributed by atoms with E-state index in [0.717, 1.165) is 51.6 Å². The summed E-state index contributed by atoms with van der Waals surface area (Å²) in [5.74, 6) is -0.818. The molecule has 5 nitrogen and oxygen atoms in total. The molecule has 1 saturated heterocycles. The molecule has 1 saturated carbocycles. The summed E-state index contributed by atoms with van der Waals surface area (Å²) >= 11 is 0. The number of amides is 1. The third-order valence-corrected chi connectivity index (χ3v) is 4.30. The fourth-order valence-corrected chi connectivity index (χ4v) is 3.16. The van der Waals surface area contributed by atoms with Crippen molar-refractivity contribution in [3.05, 3.63) is 0 Å². The normalized spacial score (nSPS) is 21.9. The van der Waals surface area contributed by atoms with Crippen LogP contribution in [0.25, 0.3) is 0 Å². The highest BCUT2D eigenvalue weighted by Crippen LogP contribution is 2.39. The molecule has 0 aromatic heterocycles. The van der Waals surface area contributed by atoms with Crippen LogP contribution < -0.4 is 5.32 Å². The lowest BCUT2D eigenvalue weighted by atomic mass is 9.74. The van der Waals surface area contributed by atoms with Crippen LogP contribution in [0.4, 0.5) is 0 Å². The van der Waals surface area contributed by atoms with Crippen LogP contribution in [-0.2, 0) is 9.59 Å². The van der Waals surface area contributed by atoms with Crippen molar-refractivity contribution in [2.45, 2.75) is 51.5 Å². The molecular weight excluding hydrogens is 244 g/mol. The lowest BCUT2D eigenvalue weighted by Crippen LogP contribution is -2.51. The summed E-state index contributed by atoms with van der Waals surface area (Å²) in [7, 11) is 0. The molecule has 0 aromatic carbocycles. The molecule has 1 aliphatic carbocycles. The highest BCUT2D eigenvalue weighted by molar-refractivity contribution is 5.86. The Kier molecular flexibility index (Phi) is 4.45. The summed E-state index contributed by atoms with van der Waals surface area (Å²) in [6.45, 7) is 3.67. The molecule has 19 heavy (non-hydrogen) atoms. The zero-order valence-electron chi connectivity index (χ0n) is 11.7. The average Bonchev–Trinajstić information content (AvgIpc) is 3.20. The largest absolute Gasteiger partial charge is 0.480 e. The van der Waals surface area contributed by atoms with E-state index in [9.17, 15) is 9.59 Å². The summed E-state index contributed by atoms with van der Waals surface area (Å²) in [4.78, 5) is 25.5. The molecule has 1 aliphatic heterocycles. The smallest absolute Gasteiger partial charge is 0.323 e. The van der Waals surface area contributed by atoms with E-state index in [4.69, 9.17) is 5.11 Å². The molecule has 2 fully saturated rings. The van der Waals surface area contributed by atoms with Gasteiger partial charge in [-0.25, -0.2) is 0 Å². The molecule has 1 heterocycles. The number of carboxylic acid groups (broad SMARTS) is 1. The van der Waals surface area contributed by atoms with Gasteiger partial charge < -0.3 is 15.3 Å². The number of carbonyl (C=O) groups is 2. The fourth-order valence-electron chi connectivity index (χ4n) is 3.16. The van der Waals surface area contributed by atoms with Gasteiger partial charge in [0.15, 0.2) is 0 Å². The minimum absolute atomic E-state index is 0.0840. The van der Waals surface area contributed by atoms with E-state index in [1.54, 1.807) is 4.90 Å². The van der Waals surface area contributed by atoms with Gasteiger partial charge in [-0.1, -0.05) is 13.3 Å². The van der Waals surface area contributed by atoms with Gasteiger partial charge in [-0.2, -0.15) is 0 Å². The van der Waals surface area contributed by atoms with Crippen LogP contribution in [0.15, 0.2) is 0 Å². The van der Waals surface area contributed by atoms with Gasteiger partial charge in [0.2, 0.25) is 5.91 Å². The molecule has 2 rings (SSSR count).